The Morgan fingerprint density at radius 2 is 2.05 bits per heavy atom. The molecule has 0 aliphatic carbocycles. The minimum Gasteiger partial charge on any atom is -0.383 e. The van der Waals surface area contributed by atoms with Gasteiger partial charge in [-0.2, -0.15) is 0 Å². The molecule has 0 radical (unpaired) electrons. The largest absolute Gasteiger partial charge is 0.383 e. The molecular formula is C12H17Cl2N5. The van der Waals surface area contributed by atoms with Gasteiger partial charge in [-0.25, -0.2) is 9.97 Å². The Morgan fingerprint density at radius 3 is 2.68 bits per heavy atom. The van der Waals surface area contributed by atoms with Crippen LogP contribution >= 0.6 is 24.8 Å². The van der Waals surface area contributed by atoms with Gasteiger partial charge in [-0.1, -0.05) is 0 Å². The molecule has 0 fully saturated rings. The van der Waals surface area contributed by atoms with Crippen molar-refractivity contribution in [3.63, 3.8) is 0 Å². The molecule has 104 valence electrons. The van der Waals surface area contributed by atoms with Gasteiger partial charge in [0.25, 0.3) is 0 Å². The average molecular weight is 302 g/mol. The number of hydrogen-bond acceptors (Lipinski definition) is 4. The molecule has 0 spiro atoms. The van der Waals surface area contributed by atoms with Crippen LogP contribution in [-0.2, 0) is 0 Å². The highest BCUT2D eigenvalue weighted by Crippen LogP contribution is 2.19. The quantitative estimate of drug-likeness (QED) is 0.886. The predicted molar refractivity (Wildman–Crippen MR) is 84.5 cm³/mol. The highest BCUT2D eigenvalue weighted by molar-refractivity contribution is 6.13. The van der Waals surface area contributed by atoms with E-state index in [9.17, 15) is 0 Å². The average Bonchev–Trinajstić information content (AvgIpc) is 2.75. The molecule has 1 N–H and O–H groups in total. The van der Waals surface area contributed by atoms with Crippen molar-refractivity contribution in [3.05, 3.63) is 30.5 Å². The molecule has 0 saturated carbocycles. The molecule has 5 nitrogen and oxygen atoms in total. The van der Waals surface area contributed by atoms with E-state index in [2.05, 4.69) is 19.9 Å². The number of aliphatic imine (C=N–C) groups is 1. The van der Waals surface area contributed by atoms with E-state index in [1.54, 1.807) is 19.6 Å². The zero-order valence-corrected chi connectivity index (χ0v) is 12.6. The number of aromatic amines is 1. The fourth-order valence-corrected chi connectivity index (χ4v) is 1.68. The molecule has 0 atom stereocenters. The van der Waals surface area contributed by atoms with Gasteiger partial charge in [-0.05, 0) is 6.07 Å². The summed E-state index contributed by atoms with van der Waals surface area (Å²) >= 11 is 0. The van der Waals surface area contributed by atoms with E-state index in [-0.39, 0.29) is 24.8 Å². The summed E-state index contributed by atoms with van der Waals surface area (Å²) in [6, 6.07) is 1.97. The third-order valence-corrected chi connectivity index (χ3v) is 2.29. The second-order valence-electron chi connectivity index (χ2n) is 3.90. The van der Waals surface area contributed by atoms with E-state index in [1.807, 2.05) is 37.5 Å². The van der Waals surface area contributed by atoms with Crippen molar-refractivity contribution in [2.24, 2.45) is 4.99 Å². The SMILES string of the molecule is C/N=C/C(=C\N(C)C)c1ncnc2[nH]ccc12.Cl.Cl. The first-order valence-electron chi connectivity index (χ1n) is 5.31. The fraction of sp³-hybridized carbons (Fsp3) is 0.250. The van der Waals surface area contributed by atoms with Crippen LogP contribution in [0, 0.1) is 0 Å². The molecule has 0 aliphatic rings. The van der Waals surface area contributed by atoms with E-state index in [0.717, 1.165) is 22.3 Å². The summed E-state index contributed by atoms with van der Waals surface area (Å²) in [5.41, 5.74) is 2.68. The molecule has 2 heterocycles. The van der Waals surface area contributed by atoms with Crippen LogP contribution in [0.2, 0.25) is 0 Å². The number of rotatable bonds is 3. The molecule has 0 bridgehead atoms. The number of hydrogen-bond donors (Lipinski definition) is 1. The van der Waals surface area contributed by atoms with Crippen LogP contribution < -0.4 is 0 Å². The summed E-state index contributed by atoms with van der Waals surface area (Å²) < 4.78 is 0. The van der Waals surface area contributed by atoms with Gasteiger partial charge in [0.1, 0.15) is 12.0 Å². The minimum atomic E-state index is 0. The fourth-order valence-electron chi connectivity index (χ4n) is 1.68. The summed E-state index contributed by atoms with van der Waals surface area (Å²) in [4.78, 5) is 17.6. The summed E-state index contributed by atoms with van der Waals surface area (Å²) in [5, 5.41) is 1.00. The maximum atomic E-state index is 4.33. The van der Waals surface area contributed by atoms with E-state index in [0.29, 0.717) is 0 Å². The van der Waals surface area contributed by atoms with Crippen LogP contribution in [0.3, 0.4) is 0 Å². The highest BCUT2D eigenvalue weighted by Gasteiger charge is 2.08. The maximum absolute atomic E-state index is 4.33. The lowest BCUT2D eigenvalue weighted by Gasteiger charge is -2.08. The van der Waals surface area contributed by atoms with E-state index >= 15 is 0 Å². The van der Waals surface area contributed by atoms with Gasteiger partial charge in [0.05, 0.1) is 5.69 Å². The van der Waals surface area contributed by atoms with Crippen molar-refractivity contribution in [1.82, 2.24) is 19.9 Å². The molecule has 0 aliphatic heterocycles. The topological polar surface area (TPSA) is 57.2 Å². The molecule has 7 heteroatoms. The lowest BCUT2D eigenvalue weighted by atomic mass is 10.1. The van der Waals surface area contributed by atoms with Gasteiger partial charge in [-0.3, -0.25) is 4.99 Å². The van der Waals surface area contributed by atoms with Crippen molar-refractivity contribution in [3.8, 4) is 0 Å². The third kappa shape index (κ3) is 3.94. The van der Waals surface area contributed by atoms with Gasteiger partial charge in [0, 0.05) is 50.7 Å². The van der Waals surface area contributed by atoms with Crippen LogP contribution in [0.1, 0.15) is 5.69 Å². The predicted octanol–water partition coefficient (Wildman–Crippen LogP) is 2.40. The Morgan fingerprint density at radius 1 is 1.32 bits per heavy atom. The number of fused-ring (bicyclic) bond motifs is 1. The Kier molecular flexibility index (Phi) is 7.11. The van der Waals surface area contributed by atoms with E-state index < -0.39 is 0 Å². The molecule has 0 amide bonds. The molecule has 2 rings (SSSR count). The van der Waals surface area contributed by atoms with Crippen molar-refractivity contribution in [2.45, 2.75) is 0 Å². The van der Waals surface area contributed by atoms with E-state index in [1.165, 1.54) is 0 Å². The minimum absolute atomic E-state index is 0. The Labute approximate surface area is 124 Å². The number of aromatic nitrogens is 3. The lowest BCUT2D eigenvalue weighted by molar-refractivity contribution is 0.566. The number of allylic oxidation sites excluding steroid dienone is 1. The van der Waals surface area contributed by atoms with Gasteiger partial charge >= 0.3 is 0 Å². The molecule has 2 aromatic heterocycles. The van der Waals surface area contributed by atoms with Crippen LogP contribution in [0.15, 0.2) is 29.8 Å². The van der Waals surface area contributed by atoms with Gasteiger partial charge in [0.15, 0.2) is 0 Å². The zero-order valence-electron chi connectivity index (χ0n) is 11.0. The summed E-state index contributed by atoms with van der Waals surface area (Å²) in [6.07, 6.45) is 7.21. The first-order chi connectivity index (χ1) is 8.22. The number of halogens is 2. The van der Waals surface area contributed by atoms with Crippen molar-refractivity contribution < 1.29 is 0 Å². The smallest absolute Gasteiger partial charge is 0.141 e. The van der Waals surface area contributed by atoms with Gasteiger partial charge in [-0.15, -0.1) is 24.8 Å². The zero-order chi connectivity index (χ0) is 12.3. The van der Waals surface area contributed by atoms with Crippen molar-refractivity contribution in [1.29, 1.82) is 0 Å². The lowest BCUT2D eigenvalue weighted by Crippen LogP contribution is -2.04. The molecule has 0 unspecified atom stereocenters. The Balaban J connectivity index is 0.00000162. The summed E-state index contributed by atoms with van der Waals surface area (Å²) in [7, 11) is 5.69. The summed E-state index contributed by atoms with van der Waals surface area (Å²) in [6.45, 7) is 0. The third-order valence-electron chi connectivity index (χ3n) is 2.29. The second-order valence-corrected chi connectivity index (χ2v) is 3.90. The van der Waals surface area contributed by atoms with Crippen LogP contribution in [-0.4, -0.2) is 47.2 Å². The monoisotopic (exact) mass is 301 g/mol. The second kappa shape index (κ2) is 7.76. The Bertz CT molecular complexity index is 574. The maximum Gasteiger partial charge on any atom is 0.141 e. The number of nitrogens with one attached hydrogen (secondary N) is 1. The summed E-state index contributed by atoms with van der Waals surface area (Å²) in [5.74, 6) is 0. The van der Waals surface area contributed by atoms with E-state index in [4.69, 9.17) is 0 Å². The number of nitrogens with zero attached hydrogens (tertiary/aromatic N) is 4. The van der Waals surface area contributed by atoms with Crippen LogP contribution in [0.25, 0.3) is 16.6 Å². The van der Waals surface area contributed by atoms with Crippen molar-refractivity contribution in [2.75, 3.05) is 21.1 Å². The van der Waals surface area contributed by atoms with Crippen LogP contribution in [0.5, 0.6) is 0 Å². The standard InChI is InChI=1S/C12H15N5.2ClH/c1-13-6-9(7-17(2)3)11-10-4-5-14-12(10)16-8-15-11;;/h4-8H,1-3H3,(H,14,15,16);2*1H/b9-7+,13-6+;;. The first kappa shape index (κ1) is 17.4. The molecule has 19 heavy (non-hydrogen) atoms. The Hall–Kier alpha value is -1.59. The van der Waals surface area contributed by atoms with Crippen molar-refractivity contribution >= 4 is 47.6 Å². The number of H-pyrrole nitrogens is 1. The first-order valence-corrected chi connectivity index (χ1v) is 5.31. The van der Waals surface area contributed by atoms with Gasteiger partial charge < -0.3 is 9.88 Å². The molecule has 0 aromatic carbocycles. The molecule has 0 saturated heterocycles. The highest BCUT2D eigenvalue weighted by atomic mass is 35.5. The van der Waals surface area contributed by atoms with Gasteiger partial charge in [0.2, 0.25) is 0 Å². The molecular weight excluding hydrogens is 285 g/mol. The molecule has 2 aromatic rings. The van der Waals surface area contributed by atoms with Crippen LogP contribution in [0.4, 0.5) is 0 Å². The normalized spacial score (nSPS) is 11.2.